The Morgan fingerprint density at radius 1 is 1.06 bits per heavy atom. The second kappa shape index (κ2) is 8.56. The van der Waals surface area contributed by atoms with Gasteiger partial charge in [0.2, 0.25) is 0 Å². The fourth-order valence-electron chi connectivity index (χ4n) is 4.18. The Balaban J connectivity index is 1.19. The molecular formula is C23H24FN5O2. The second-order valence-corrected chi connectivity index (χ2v) is 7.95. The molecule has 8 heteroatoms. The number of rotatable bonds is 4. The summed E-state index contributed by atoms with van der Waals surface area (Å²) < 4.78 is 21.4. The number of amides is 1. The number of halogens is 1. The maximum atomic E-state index is 13.5. The van der Waals surface area contributed by atoms with Crippen molar-refractivity contribution in [2.75, 3.05) is 26.2 Å². The third-order valence-electron chi connectivity index (χ3n) is 5.95. The van der Waals surface area contributed by atoms with Gasteiger partial charge in [0.25, 0.3) is 5.91 Å². The molecule has 0 spiro atoms. The van der Waals surface area contributed by atoms with Gasteiger partial charge < -0.3 is 9.64 Å². The lowest BCUT2D eigenvalue weighted by Gasteiger charge is -2.34. The predicted octanol–water partition coefficient (Wildman–Crippen LogP) is 2.65. The first-order chi connectivity index (χ1) is 15.2. The molecule has 31 heavy (non-hydrogen) atoms. The molecular weight excluding hydrogens is 397 g/mol. The fourth-order valence-corrected chi connectivity index (χ4v) is 4.18. The van der Waals surface area contributed by atoms with Crippen molar-refractivity contribution in [2.24, 2.45) is 0 Å². The van der Waals surface area contributed by atoms with Gasteiger partial charge in [0.05, 0.1) is 18.8 Å². The maximum absolute atomic E-state index is 13.5. The Hall–Kier alpha value is -3.10. The summed E-state index contributed by atoms with van der Waals surface area (Å²) in [5.41, 5.74) is 3.41. The van der Waals surface area contributed by atoms with Crippen molar-refractivity contribution in [3.05, 3.63) is 82.9 Å². The molecule has 0 radical (unpaired) electrons. The Morgan fingerprint density at radius 3 is 2.65 bits per heavy atom. The highest BCUT2D eigenvalue weighted by Gasteiger charge is 2.27. The van der Waals surface area contributed by atoms with E-state index in [2.05, 4.69) is 15.2 Å². The van der Waals surface area contributed by atoms with Crippen LogP contribution in [0.1, 0.15) is 33.4 Å². The van der Waals surface area contributed by atoms with Crippen molar-refractivity contribution < 1.29 is 13.9 Å². The first-order valence-electron chi connectivity index (χ1n) is 10.5. The van der Waals surface area contributed by atoms with Crippen molar-refractivity contribution in [1.82, 2.24) is 24.8 Å². The third-order valence-corrected chi connectivity index (χ3v) is 5.95. The first-order valence-corrected chi connectivity index (χ1v) is 10.5. The molecule has 1 fully saturated rings. The molecule has 1 aromatic heterocycles. The van der Waals surface area contributed by atoms with Gasteiger partial charge in [-0.15, -0.1) is 5.10 Å². The van der Waals surface area contributed by atoms with Crippen LogP contribution in [0.15, 0.2) is 54.6 Å². The molecule has 0 aliphatic carbocycles. The van der Waals surface area contributed by atoms with Crippen molar-refractivity contribution >= 4 is 5.91 Å². The molecule has 160 valence electrons. The lowest BCUT2D eigenvalue weighted by molar-refractivity contribution is -0.00236. The SMILES string of the molecule is O=C(c1ccccc1)N1CCN(Cc2nnn3c2CO[C@@H](c2cccc(F)c2)C3)CC1. The van der Waals surface area contributed by atoms with Crippen LogP contribution in [0.2, 0.25) is 0 Å². The minimum atomic E-state index is -0.268. The van der Waals surface area contributed by atoms with E-state index >= 15 is 0 Å². The number of ether oxygens (including phenoxy) is 1. The molecule has 0 N–H and O–H groups in total. The average molecular weight is 421 g/mol. The first kappa shape index (κ1) is 19.8. The molecule has 0 saturated carbocycles. The van der Waals surface area contributed by atoms with Crippen LogP contribution in [0, 0.1) is 5.82 Å². The van der Waals surface area contributed by atoms with E-state index in [1.54, 1.807) is 6.07 Å². The van der Waals surface area contributed by atoms with Crippen LogP contribution < -0.4 is 0 Å². The van der Waals surface area contributed by atoms with E-state index in [4.69, 9.17) is 4.74 Å². The van der Waals surface area contributed by atoms with Crippen LogP contribution in [-0.4, -0.2) is 56.9 Å². The lowest BCUT2D eigenvalue weighted by Crippen LogP contribution is -2.48. The van der Waals surface area contributed by atoms with Gasteiger partial charge in [0.1, 0.15) is 17.6 Å². The van der Waals surface area contributed by atoms with Crippen LogP contribution >= 0.6 is 0 Å². The zero-order chi connectivity index (χ0) is 21.2. The Morgan fingerprint density at radius 2 is 1.87 bits per heavy atom. The van der Waals surface area contributed by atoms with E-state index in [1.165, 1.54) is 12.1 Å². The zero-order valence-electron chi connectivity index (χ0n) is 17.2. The smallest absolute Gasteiger partial charge is 0.253 e. The summed E-state index contributed by atoms with van der Waals surface area (Å²) in [6, 6.07) is 15.9. The van der Waals surface area contributed by atoms with Gasteiger partial charge in [-0.2, -0.15) is 0 Å². The largest absolute Gasteiger partial charge is 0.365 e. The van der Waals surface area contributed by atoms with E-state index in [-0.39, 0.29) is 17.8 Å². The van der Waals surface area contributed by atoms with Crippen LogP contribution in [-0.2, 0) is 24.4 Å². The maximum Gasteiger partial charge on any atom is 0.253 e. The van der Waals surface area contributed by atoms with E-state index < -0.39 is 0 Å². The molecule has 1 atom stereocenters. The summed E-state index contributed by atoms with van der Waals surface area (Å²) in [6.45, 7) is 4.55. The highest BCUT2D eigenvalue weighted by Crippen LogP contribution is 2.27. The van der Waals surface area contributed by atoms with Gasteiger partial charge >= 0.3 is 0 Å². The number of piperazine rings is 1. The van der Waals surface area contributed by atoms with Crippen LogP contribution in [0.25, 0.3) is 0 Å². The minimum Gasteiger partial charge on any atom is -0.365 e. The Kier molecular flexibility index (Phi) is 5.48. The summed E-state index contributed by atoms with van der Waals surface area (Å²) in [4.78, 5) is 16.8. The molecule has 3 heterocycles. The lowest BCUT2D eigenvalue weighted by atomic mass is 10.1. The van der Waals surface area contributed by atoms with E-state index in [0.717, 1.165) is 35.6 Å². The molecule has 2 aromatic carbocycles. The molecule has 7 nitrogen and oxygen atoms in total. The van der Waals surface area contributed by atoms with Crippen LogP contribution in [0.4, 0.5) is 4.39 Å². The normalized spacial score (nSPS) is 19.3. The topological polar surface area (TPSA) is 63.5 Å². The summed E-state index contributed by atoms with van der Waals surface area (Å²) in [5.74, 6) is -0.186. The third kappa shape index (κ3) is 4.22. The molecule has 0 unspecified atom stereocenters. The number of fused-ring (bicyclic) bond motifs is 1. The highest BCUT2D eigenvalue weighted by atomic mass is 19.1. The highest BCUT2D eigenvalue weighted by molar-refractivity contribution is 5.94. The summed E-state index contributed by atoms with van der Waals surface area (Å²) in [7, 11) is 0. The number of carbonyl (C=O) groups excluding carboxylic acids is 1. The summed E-state index contributed by atoms with van der Waals surface area (Å²) >= 11 is 0. The Bertz CT molecular complexity index is 1060. The van der Waals surface area contributed by atoms with Gasteiger partial charge in [0.15, 0.2) is 0 Å². The number of hydrogen-bond donors (Lipinski definition) is 0. The predicted molar refractivity (Wildman–Crippen MR) is 112 cm³/mol. The summed E-state index contributed by atoms with van der Waals surface area (Å²) in [6.07, 6.45) is -0.231. The average Bonchev–Trinajstić information content (AvgIpc) is 3.21. The standard InChI is InChI=1S/C23H24FN5O2/c24-19-8-4-7-18(13-19)22-15-29-21(16-31-22)20(25-26-29)14-27-9-11-28(12-10-27)23(30)17-5-2-1-3-6-17/h1-8,13,22H,9-12,14-16H2/t22-/m1/s1. The molecule has 3 aromatic rings. The molecule has 2 aliphatic heterocycles. The summed E-state index contributed by atoms with van der Waals surface area (Å²) in [5, 5.41) is 8.68. The van der Waals surface area contributed by atoms with Gasteiger partial charge in [-0.05, 0) is 29.8 Å². The van der Waals surface area contributed by atoms with Crippen molar-refractivity contribution in [2.45, 2.75) is 25.8 Å². The van der Waals surface area contributed by atoms with E-state index in [0.29, 0.717) is 32.8 Å². The number of nitrogens with zero attached hydrogens (tertiary/aromatic N) is 5. The Labute approximate surface area is 180 Å². The second-order valence-electron chi connectivity index (χ2n) is 7.95. The fraction of sp³-hybridized carbons (Fsp3) is 0.348. The molecule has 2 aliphatic rings. The van der Waals surface area contributed by atoms with Crippen molar-refractivity contribution in [1.29, 1.82) is 0 Å². The van der Waals surface area contributed by atoms with Crippen molar-refractivity contribution in [3.8, 4) is 0 Å². The van der Waals surface area contributed by atoms with Crippen LogP contribution in [0.3, 0.4) is 0 Å². The monoisotopic (exact) mass is 421 g/mol. The number of hydrogen-bond acceptors (Lipinski definition) is 5. The molecule has 0 bridgehead atoms. The number of aromatic nitrogens is 3. The molecule has 1 saturated heterocycles. The number of carbonyl (C=O) groups is 1. The minimum absolute atomic E-state index is 0.0816. The molecule has 1 amide bonds. The van der Waals surface area contributed by atoms with E-state index in [9.17, 15) is 9.18 Å². The van der Waals surface area contributed by atoms with Crippen molar-refractivity contribution in [3.63, 3.8) is 0 Å². The molecule has 5 rings (SSSR count). The van der Waals surface area contributed by atoms with Gasteiger partial charge in [-0.3, -0.25) is 9.69 Å². The van der Waals surface area contributed by atoms with Crippen LogP contribution in [0.5, 0.6) is 0 Å². The van der Waals surface area contributed by atoms with Gasteiger partial charge in [0, 0.05) is 38.3 Å². The zero-order valence-corrected chi connectivity index (χ0v) is 17.2. The van der Waals surface area contributed by atoms with E-state index in [1.807, 2.05) is 46.0 Å². The van der Waals surface area contributed by atoms with Gasteiger partial charge in [-0.25, -0.2) is 9.07 Å². The quantitative estimate of drug-likeness (QED) is 0.648. The number of benzene rings is 2. The van der Waals surface area contributed by atoms with Gasteiger partial charge in [-0.1, -0.05) is 35.5 Å².